The molecule has 98 valence electrons. The van der Waals surface area contributed by atoms with Crippen molar-refractivity contribution >= 4 is 5.97 Å². The summed E-state index contributed by atoms with van der Waals surface area (Å²) in [6, 6.07) is 10.4. The Hall–Kier alpha value is -1.35. The quantitative estimate of drug-likeness (QED) is 0.724. The van der Waals surface area contributed by atoms with Gasteiger partial charge in [0, 0.05) is 12.1 Å². The van der Waals surface area contributed by atoms with Gasteiger partial charge < -0.3 is 4.74 Å². The number of ether oxygens (including phenoxy) is 1. The summed E-state index contributed by atoms with van der Waals surface area (Å²) < 4.78 is 5.05. The molecule has 0 bridgehead atoms. The smallest absolute Gasteiger partial charge is 0.307 e. The summed E-state index contributed by atoms with van der Waals surface area (Å²) >= 11 is 0. The van der Waals surface area contributed by atoms with E-state index in [2.05, 4.69) is 24.1 Å². The average Bonchev–Trinajstić information content (AvgIpc) is 3.11. The van der Waals surface area contributed by atoms with Crippen LogP contribution in [0.4, 0.5) is 0 Å². The summed E-state index contributed by atoms with van der Waals surface area (Å²) in [6.07, 6.45) is 2.70. The highest BCUT2D eigenvalue weighted by Crippen LogP contribution is 2.44. The van der Waals surface area contributed by atoms with Gasteiger partial charge in [0.25, 0.3) is 0 Å². The molecule has 0 unspecified atom stereocenters. The molecule has 1 saturated carbocycles. The van der Waals surface area contributed by atoms with E-state index in [1.807, 2.05) is 25.1 Å². The molecule has 0 radical (unpaired) electrons. The zero-order valence-corrected chi connectivity index (χ0v) is 11.2. The van der Waals surface area contributed by atoms with E-state index in [1.165, 1.54) is 5.56 Å². The van der Waals surface area contributed by atoms with Crippen LogP contribution in [0.15, 0.2) is 30.3 Å². The van der Waals surface area contributed by atoms with Crippen molar-refractivity contribution in [3.05, 3.63) is 35.9 Å². The van der Waals surface area contributed by atoms with E-state index < -0.39 is 0 Å². The summed E-state index contributed by atoms with van der Waals surface area (Å²) in [5, 5.41) is 0. The van der Waals surface area contributed by atoms with Gasteiger partial charge in [-0.3, -0.25) is 9.69 Å². The lowest BCUT2D eigenvalue weighted by atomic mass is 10.1. The fraction of sp³-hybridized carbons (Fsp3) is 0.533. The molecule has 0 heterocycles. The number of benzene rings is 1. The second-order valence-corrected chi connectivity index (χ2v) is 5.05. The Bertz CT molecular complexity index is 398. The first-order valence-corrected chi connectivity index (χ1v) is 6.57. The van der Waals surface area contributed by atoms with Crippen molar-refractivity contribution in [2.75, 3.05) is 13.7 Å². The van der Waals surface area contributed by atoms with Gasteiger partial charge in [-0.1, -0.05) is 30.3 Å². The van der Waals surface area contributed by atoms with Gasteiger partial charge in [-0.05, 0) is 32.4 Å². The lowest BCUT2D eigenvalue weighted by molar-refractivity contribution is -0.144. The number of hydrogen-bond donors (Lipinski definition) is 0. The average molecular weight is 247 g/mol. The molecular weight excluding hydrogens is 226 g/mol. The maximum Gasteiger partial charge on any atom is 0.307 e. The molecule has 0 aromatic heterocycles. The first-order valence-electron chi connectivity index (χ1n) is 6.57. The Morgan fingerprint density at radius 3 is 2.56 bits per heavy atom. The molecule has 1 aromatic rings. The molecule has 1 aliphatic rings. The van der Waals surface area contributed by atoms with E-state index >= 15 is 0 Å². The highest BCUT2D eigenvalue weighted by Gasteiger charge is 2.48. The van der Waals surface area contributed by atoms with Crippen LogP contribution in [0.25, 0.3) is 0 Å². The summed E-state index contributed by atoms with van der Waals surface area (Å²) in [5.74, 6) is -0.0742. The van der Waals surface area contributed by atoms with Crippen molar-refractivity contribution in [2.24, 2.45) is 0 Å². The third-order valence-electron chi connectivity index (χ3n) is 3.68. The summed E-state index contributed by atoms with van der Waals surface area (Å²) in [4.78, 5) is 13.9. The number of carbonyl (C=O) groups is 1. The van der Waals surface area contributed by atoms with Crippen LogP contribution in [-0.2, 0) is 16.1 Å². The second kappa shape index (κ2) is 5.53. The second-order valence-electron chi connectivity index (χ2n) is 5.05. The Labute approximate surface area is 109 Å². The van der Waals surface area contributed by atoms with Gasteiger partial charge in [0.05, 0.1) is 13.0 Å². The monoisotopic (exact) mass is 247 g/mol. The molecule has 0 N–H and O–H groups in total. The van der Waals surface area contributed by atoms with Crippen LogP contribution in [0, 0.1) is 0 Å². The van der Waals surface area contributed by atoms with E-state index in [0.717, 1.165) is 19.4 Å². The molecule has 18 heavy (non-hydrogen) atoms. The lowest BCUT2D eigenvalue weighted by Gasteiger charge is -2.27. The SMILES string of the molecule is CCOC(=O)CC1(N(C)Cc2ccccc2)CC1. The summed E-state index contributed by atoms with van der Waals surface area (Å²) in [7, 11) is 2.10. The van der Waals surface area contributed by atoms with Crippen molar-refractivity contribution in [3.63, 3.8) is 0 Å². The van der Waals surface area contributed by atoms with E-state index in [0.29, 0.717) is 13.0 Å². The maximum absolute atomic E-state index is 11.6. The van der Waals surface area contributed by atoms with Crippen LogP contribution in [-0.4, -0.2) is 30.1 Å². The number of rotatable bonds is 6. The predicted molar refractivity (Wildman–Crippen MR) is 71.1 cm³/mol. The third kappa shape index (κ3) is 3.10. The summed E-state index contributed by atoms with van der Waals surface area (Å²) in [5.41, 5.74) is 1.33. The fourth-order valence-electron chi connectivity index (χ4n) is 2.34. The molecule has 0 amide bonds. The van der Waals surface area contributed by atoms with E-state index in [4.69, 9.17) is 4.74 Å². The predicted octanol–water partition coefficient (Wildman–Crippen LogP) is 2.60. The molecule has 1 fully saturated rings. The minimum Gasteiger partial charge on any atom is -0.466 e. The minimum absolute atomic E-state index is 0.0437. The number of carbonyl (C=O) groups excluding carboxylic acids is 1. The first kappa shape index (κ1) is 13.1. The van der Waals surface area contributed by atoms with Crippen molar-refractivity contribution in [3.8, 4) is 0 Å². The van der Waals surface area contributed by atoms with Gasteiger partial charge in [-0.2, -0.15) is 0 Å². The maximum atomic E-state index is 11.6. The lowest BCUT2D eigenvalue weighted by Crippen LogP contribution is -2.35. The highest BCUT2D eigenvalue weighted by molar-refractivity contribution is 5.71. The largest absolute Gasteiger partial charge is 0.466 e. The molecule has 0 spiro atoms. The topological polar surface area (TPSA) is 29.5 Å². The molecule has 0 saturated heterocycles. The number of esters is 1. The van der Waals surface area contributed by atoms with E-state index in [-0.39, 0.29) is 11.5 Å². The normalized spacial score (nSPS) is 16.6. The number of hydrogen-bond acceptors (Lipinski definition) is 3. The van der Waals surface area contributed by atoms with Gasteiger partial charge in [0.1, 0.15) is 0 Å². The van der Waals surface area contributed by atoms with Gasteiger partial charge in [-0.15, -0.1) is 0 Å². The van der Waals surface area contributed by atoms with Crippen LogP contribution in [0.3, 0.4) is 0 Å². The third-order valence-corrected chi connectivity index (χ3v) is 3.68. The molecular formula is C15H21NO2. The zero-order valence-electron chi connectivity index (χ0n) is 11.2. The van der Waals surface area contributed by atoms with Crippen molar-refractivity contribution in [1.82, 2.24) is 4.90 Å². The molecule has 0 atom stereocenters. The number of nitrogens with zero attached hydrogens (tertiary/aromatic N) is 1. The van der Waals surface area contributed by atoms with Crippen molar-refractivity contribution < 1.29 is 9.53 Å². The van der Waals surface area contributed by atoms with Crippen molar-refractivity contribution in [2.45, 2.75) is 38.3 Å². The highest BCUT2D eigenvalue weighted by atomic mass is 16.5. The van der Waals surface area contributed by atoms with Gasteiger partial charge in [0.15, 0.2) is 0 Å². The van der Waals surface area contributed by atoms with Crippen LogP contribution in [0.1, 0.15) is 31.7 Å². The van der Waals surface area contributed by atoms with E-state index in [1.54, 1.807) is 0 Å². The van der Waals surface area contributed by atoms with Gasteiger partial charge in [0.2, 0.25) is 0 Å². The zero-order chi connectivity index (χ0) is 13.0. The summed E-state index contributed by atoms with van der Waals surface area (Å²) in [6.45, 7) is 3.21. The first-order chi connectivity index (χ1) is 8.66. The van der Waals surface area contributed by atoms with Crippen LogP contribution >= 0.6 is 0 Å². The van der Waals surface area contributed by atoms with Gasteiger partial charge >= 0.3 is 5.97 Å². The van der Waals surface area contributed by atoms with Gasteiger partial charge in [-0.25, -0.2) is 0 Å². The van der Waals surface area contributed by atoms with Crippen LogP contribution in [0.5, 0.6) is 0 Å². The molecule has 0 aliphatic heterocycles. The Balaban J connectivity index is 1.92. The van der Waals surface area contributed by atoms with Crippen molar-refractivity contribution in [1.29, 1.82) is 0 Å². The van der Waals surface area contributed by atoms with E-state index in [9.17, 15) is 4.79 Å². The standard InChI is InChI=1S/C15H21NO2/c1-3-18-14(17)11-15(9-10-15)16(2)12-13-7-5-4-6-8-13/h4-8H,3,9-12H2,1-2H3. The molecule has 1 aromatic carbocycles. The van der Waals surface area contributed by atoms with Crippen LogP contribution in [0.2, 0.25) is 0 Å². The molecule has 3 heteroatoms. The minimum atomic E-state index is -0.0742. The Kier molecular flexibility index (Phi) is 4.02. The molecule has 1 aliphatic carbocycles. The Morgan fingerprint density at radius 1 is 1.33 bits per heavy atom. The molecule has 3 nitrogen and oxygen atoms in total. The molecule has 2 rings (SSSR count). The Morgan fingerprint density at radius 2 is 2.00 bits per heavy atom. The fourth-order valence-corrected chi connectivity index (χ4v) is 2.34. The van der Waals surface area contributed by atoms with Crippen LogP contribution < -0.4 is 0 Å².